The molecule has 3 aliphatic rings. The minimum Gasteiger partial charge on any atom is -0.473 e. The fourth-order valence-corrected chi connectivity index (χ4v) is 4.32. The van der Waals surface area contributed by atoms with E-state index in [1.807, 2.05) is 34.0 Å². The molecule has 1 aromatic rings. The second kappa shape index (κ2) is 9.52. The summed E-state index contributed by atoms with van der Waals surface area (Å²) in [4.78, 5) is 18.0. The van der Waals surface area contributed by atoms with Crippen molar-refractivity contribution in [2.24, 2.45) is 15.0 Å². The first kappa shape index (κ1) is 20.8. The van der Waals surface area contributed by atoms with Crippen LogP contribution in [0.1, 0.15) is 25.8 Å². The first-order valence-electron chi connectivity index (χ1n) is 9.79. The van der Waals surface area contributed by atoms with E-state index in [4.69, 9.17) is 9.73 Å². The maximum absolute atomic E-state index is 13.5. The maximum atomic E-state index is 13.5. The van der Waals surface area contributed by atoms with E-state index in [0.717, 1.165) is 43.0 Å². The maximum Gasteiger partial charge on any atom is 0.248 e. The lowest BCUT2D eigenvalue weighted by Gasteiger charge is -2.27. The van der Waals surface area contributed by atoms with Crippen LogP contribution in [0.25, 0.3) is 0 Å². The SMILES string of the molecule is CC.CN(C)CCCOC1=NC2C(N3CCc4cc(F)ccc43)=NC=NC2S1. The molecule has 152 valence electrons. The van der Waals surface area contributed by atoms with Gasteiger partial charge in [0.15, 0.2) is 0 Å². The predicted octanol–water partition coefficient (Wildman–Crippen LogP) is 3.42. The summed E-state index contributed by atoms with van der Waals surface area (Å²) < 4.78 is 19.3. The molecule has 4 rings (SSSR count). The van der Waals surface area contributed by atoms with Crippen molar-refractivity contribution in [2.75, 3.05) is 38.7 Å². The van der Waals surface area contributed by atoms with Crippen LogP contribution in [0.5, 0.6) is 0 Å². The van der Waals surface area contributed by atoms with Gasteiger partial charge >= 0.3 is 0 Å². The Bertz CT molecular complexity index is 780. The number of fused-ring (bicyclic) bond motifs is 2. The lowest BCUT2D eigenvalue weighted by molar-refractivity contribution is 0.278. The number of hydrogen-bond donors (Lipinski definition) is 0. The van der Waals surface area contributed by atoms with Crippen molar-refractivity contribution in [1.29, 1.82) is 0 Å². The highest BCUT2D eigenvalue weighted by Crippen LogP contribution is 2.36. The zero-order valence-electron chi connectivity index (χ0n) is 16.9. The zero-order valence-corrected chi connectivity index (χ0v) is 17.7. The highest BCUT2D eigenvalue weighted by Gasteiger charge is 2.40. The molecule has 2 atom stereocenters. The van der Waals surface area contributed by atoms with E-state index in [2.05, 4.69) is 19.8 Å². The summed E-state index contributed by atoms with van der Waals surface area (Å²) in [6.45, 7) is 6.41. The van der Waals surface area contributed by atoms with Gasteiger partial charge < -0.3 is 14.5 Å². The van der Waals surface area contributed by atoms with Crippen LogP contribution in [0.15, 0.2) is 33.2 Å². The van der Waals surface area contributed by atoms with Crippen LogP contribution < -0.4 is 4.90 Å². The van der Waals surface area contributed by atoms with Crippen molar-refractivity contribution >= 4 is 34.9 Å². The predicted molar refractivity (Wildman–Crippen MR) is 116 cm³/mol. The number of benzene rings is 1. The molecule has 0 saturated carbocycles. The molecule has 0 N–H and O–H groups in total. The van der Waals surface area contributed by atoms with Gasteiger partial charge in [0.25, 0.3) is 0 Å². The number of ether oxygens (including phenoxy) is 1. The summed E-state index contributed by atoms with van der Waals surface area (Å²) in [5.41, 5.74) is 2.03. The van der Waals surface area contributed by atoms with Crippen LogP contribution in [0.4, 0.5) is 10.1 Å². The van der Waals surface area contributed by atoms with Crippen molar-refractivity contribution < 1.29 is 9.13 Å². The molecular weight excluding hydrogens is 377 g/mol. The lowest BCUT2D eigenvalue weighted by Crippen LogP contribution is -2.42. The molecular formula is C20H28FN5OS. The smallest absolute Gasteiger partial charge is 0.248 e. The van der Waals surface area contributed by atoms with E-state index in [9.17, 15) is 4.39 Å². The topological polar surface area (TPSA) is 52.8 Å². The van der Waals surface area contributed by atoms with Gasteiger partial charge in [-0.25, -0.2) is 14.4 Å². The summed E-state index contributed by atoms with van der Waals surface area (Å²) in [6.07, 6.45) is 3.37. The fraction of sp³-hybridized carbons (Fsp3) is 0.550. The van der Waals surface area contributed by atoms with Crippen LogP contribution in [0.3, 0.4) is 0 Å². The molecule has 0 amide bonds. The molecule has 8 heteroatoms. The average molecular weight is 406 g/mol. The quantitative estimate of drug-likeness (QED) is 0.721. The molecule has 0 spiro atoms. The zero-order chi connectivity index (χ0) is 20.1. The van der Waals surface area contributed by atoms with Gasteiger partial charge in [0.05, 0.1) is 6.61 Å². The molecule has 6 nitrogen and oxygen atoms in total. The Kier molecular flexibility index (Phi) is 7.07. The molecule has 1 aromatic carbocycles. The number of amidine groups is 1. The van der Waals surface area contributed by atoms with E-state index < -0.39 is 0 Å². The Morgan fingerprint density at radius 1 is 1.32 bits per heavy atom. The standard InChI is InChI=1S/C18H22FN5OS.C2H6/c1-23(2)7-3-9-25-18-22-15-16(20-11-21-17(15)26-18)24-8-6-12-10-13(19)4-5-14(12)24;1-2/h4-5,10-11,15,17H,3,6-9H2,1-2H3;1-2H3. The third-order valence-corrected chi connectivity index (χ3v) is 5.64. The Labute approximate surface area is 170 Å². The summed E-state index contributed by atoms with van der Waals surface area (Å²) in [7, 11) is 4.10. The third-order valence-electron chi connectivity index (χ3n) is 4.59. The van der Waals surface area contributed by atoms with Crippen LogP contribution in [-0.2, 0) is 11.2 Å². The highest BCUT2D eigenvalue weighted by atomic mass is 32.2. The molecule has 0 bridgehead atoms. The Morgan fingerprint density at radius 2 is 2.14 bits per heavy atom. The van der Waals surface area contributed by atoms with Gasteiger partial charge in [-0.1, -0.05) is 13.8 Å². The largest absolute Gasteiger partial charge is 0.473 e. The Balaban J connectivity index is 0.00000109. The third kappa shape index (κ3) is 4.55. The van der Waals surface area contributed by atoms with Gasteiger partial charge in [0.1, 0.15) is 29.4 Å². The molecule has 3 heterocycles. The highest BCUT2D eigenvalue weighted by molar-refractivity contribution is 8.14. The van der Waals surface area contributed by atoms with Gasteiger partial charge in [-0.15, -0.1) is 0 Å². The molecule has 0 aromatic heterocycles. The fourth-order valence-electron chi connectivity index (χ4n) is 3.36. The molecule has 0 fully saturated rings. The molecule has 2 unspecified atom stereocenters. The Morgan fingerprint density at radius 3 is 2.93 bits per heavy atom. The van der Waals surface area contributed by atoms with Crippen LogP contribution in [-0.4, -0.2) is 67.5 Å². The van der Waals surface area contributed by atoms with E-state index in [1.165, 1.54) is 6.07 Å². The van der Waals surface area contributed by atoms with E-state index in [-0.39, 0.29) is 17.2 Å². The van der Waals surface area contributed by atoms with Gasteiger partial charge in [-0.2, -0.15) is 0 Å². The van der Waals surface area contributed by atoms with E-state index in [1.54, 1.807) is 24.2 Å². The number of aliphatic imine (C=N–C) groups is 3. The van der Waals surface area contributed by atoms with Gasteiger partial charge in [0, 0.05) is 18.8 Å². The number of anilines is 1. The second-order valence-corrected chi connectivity index (χ2v) is 7.85. The van der Waals surface area contributed by atoms with Gasteiger partial charge in [0.2, 0.25) is 5.23 Å². The number of hydrogen-bond acceptors (Lipinski definition) is 7. The molecule has 0 saturated heterocycles. The number of rotatable bonds is 4. The van der Waals surface area contributed by atoms with Crippen molar-refractivity contribution in [3.63, 3.8) is 0 Å². The monoisotopic (exact) mass is 405 g/mol. The number of halogens is 1. The van der Waals surface area contributed by atoms with Crippen molar-refractivity contribution in [2.45, 2.75) is 38.1 Å². The Hall–Kier alpha value is -1.93. The van der Waals surface area contributed by atoms with Crippen molar-refractivity contribution in [3.8, 4) is 0 Å². The van der Waals surface area contributed by atoms with Crippen molar-refractivity contribution in [1.82, 2.24) is 4.90 Å². The minimum atomic E-state index is -0.196. The second-order valence-electron chi connectivity index (χ2n) is 6.78. The summed E-state index contributed by atoms with van der Waals surface area (Å²) >= 11 is 1.55. The lowest BCUT2D eigenvalue weighted by atomic mass is 10.1. The number of nitrogens with zero attached hydrogens (tertiary/aromatic N) is 5. The van der Waals surface area contributed by atoms with Crippen LogP contribution >= 0.6 is 11.8 Å². The average Bonchev–Trinajstić information content (AvgIpc) is 3.29. The van der Waals surface area contributed by atoms with Crippen LogP contribution in [0, 0.1) is 5.82 Å². The minimum absolute atomic E-state index is 0.0316. The first-order valence-corrected chi connectivity index (χ1v) is 10.7. The summed E-state index contributed by atoms with van der Waals surface area (Å²) in [5, 5.41) is 0.653. The van der Waals surface area contributed by atoms with E-state index in [0.29, 0.717) is 11.8 Å². The number of thioether (sulfide) groups is 1. The molecule has 3 aliphatic heterocycles. The summed E-state index contributed by atoms with van der Waals surface area (Å²) in [5.74, 6) is 0.674. The van der Waals surface area contributed by atoms with Gasteiger partial charge in [-0.3, -0.25) is 4.99 Å². The van der Waals surface area contributed by atoms with Crippen molar-refractivity contribution in [3.05, 3.63) is 29.6 Å². The first-order chi connectivity index (χ1) is 13.6. The molecule has 28 heavy (non-hydrogen) atoms. The van der Waals surface area contributed by atoms with E-state index >= 15 is 0 Å². The molecule has 0 aliphatic carbocycles. The summed E-state index contributed by atoms with van der Waals surface area (Å²) in [6, 6.07) is 4.78. The normalized spacial score (nSPS) is 22.3. The van der Waals surface area contributed by atoms with Gasteiger partial charge in [-0.05, 0) is 62.5 Å². The van der Waals surface area contributed by atoms with Crippen LogP contribution in [0.2, 0.25) is 0 Å². The molecule has 0 radical (unpaired) electrons.